The summed E-state index contributed by atoms with van der Waals surface area (Å²) in [7, 11) is 1.93. The van der Waals surface area contributed by atoms with Crippen molar-refractivity contribution in [2.75, 3.05) is 24.6 Å². The molecule has 0 amide bonds. The van der Waals surface area contributed by atoms with E-state index in [0.29, 0.717) is 6.54 Å². The molecule has 2 N–H and O–H groups in total. The van der Waals surface area contributed by atoms with Crippen LogP contribution < -0.4 is 10.6 Å². The highest BCUT2D eigenvalue weighted by atomic mass is 16.3. The van der Waals surface area contributed by atoms with Crippen molar-refractivity contribution < 1.29 is 5.11 Å². The molecule has 11 heteroatoms. The summed E-state index contributed by atoms with van der Waals surface area (Å²) in [6, 6.07) is 7.96. The van der Waals surface area contributed by atoms with Gasteiger partial charge >= 0.3 is 5.69 Å². The lowest BCUT2D eigenvalue weighted by molar-refractivity contribution is 0.269. The summed E-state index contributed by atoms with van der Waals surface area (Å²) in [5.41, 5.74) is 4.13. The number of benzene rings is 1. The minimum atomic E-state index is -0.0554. The van der Waals surface area contributed by atoms with E-state index in [1.54, 1.807) is 17.2 Å². The van der Waals surface area contributed by atoms with Crippen molar-refractivity contribution in [2.24, 2.45) is 7.05 Å². The molecule has 5 heterocycles. The molecule has 1 saturated heterocycles. The van der Waals surface area contributed by atoms with Crippen LogP contribution in [0.5, 0.6) is 0 Å². The lowest BCUT2D eigenvalue weighted by Crippen LogP contribution is -2.37. The number of nitrogens with one attached hydrogen (secondary N) is 1. The Balaban J connectivity index is 1.29. The van der Waals surface area contributed by atoms with Gasteiger partial charge in [0.25, 0.3) is 0 Å². The van der Waals surface area contributed by atoms with Gasteiger partial charge in [-0.3, -0.25) is 9.25 Å². The normalized spacial score (nSPS) is 15.1. The molecule has 1 aromatic carbocycles. The fourth-order valence-corrected chi connectivity index (χ4v) is 4.95. The Morgan fingerprint density at radius 2 is 2.00 bits per heavy atom. The monoisotopic (exact) mass is 459 g/mol. The fraction of sp³-hybridized carbons (Fsp3) is 0.348. The first-order valence-electron chi connectivity index (χ1n) is 11.4. The van der Waals surface area contributed by atoms with Crippen molar-refractivity contribution in [3.8, 4) is 11.4 Å². The van der Waals surface area contributed by atoms with E-state index in [1.165, 1.54) is 0 Å². The summed E-state index contributed by atoms with van der Waals surface area (Å²) >= 11 is 0. The van der Waals surface area contributed by atoms with E-state index >= 15 is 0 Å². The summed E-state index contributed by atoms with van der Waals surface area (Å²) in [5.74, 6) is 1.56. The number of piperidine rings is 1. The van der Waals surface area contributed by atoms with Crippen LogP contribution in [0.3, 0.4) is 0 Å². The quantitative estimate of drug-likeness (QED) is 0.410. The number of imidazole rings is 2. The topological polar surface area (TPSA) is 123 Å². The average Bonchev–Trinajstić information content (AvgIpc) is 3.54. The highest BCUT2D eigenvalue weighted by Crippen LogP contribution is 2.31. The summed E-state index contributed by atoms with van der Waals surface area (Å²) in [4.78, 5) is 31.7. The van der Waals surface area contributed by atoms with E-state index in [2.05, 4.69) is 25.0 Å². The second kappa shape index (κ2) is 8.10. The highest BCUT2D eigenvalue weighted by molar-refractivity contribution is 5.86. The number of nitrogens with zero attached hydrogens (tertiary/aromatic N) is 8. The first kappa shape index (κ1) is 20.6. The SMILES string of the molecule is Cn1c(-c2cnn(CCO)c2)nc2c(N3CCC(n4c(=O)[nH]c5ccccc54)CC3)ncnc21. The third-order valence-electron chi connectivity index (χ3n) is 6.61. The molecule has 6 rings (SSSR count). The summed E-state index contributed by atoms with van der Waals surface area (Å²) < 4.78 is 5.53. The van der Waals surface area contributed by atoms with E-state index in [4.69, 9.17) is 10.1 Å². The van der Waals surface area contributed by atoms with Crippen LogP contribution in [0.1, 0.15) is 18.9 Å². The second-order valence-corrected chi connectivity index (χ2v) is 8.62. The third kappa shape index (κ3) is 3.27. The number of aromatic amines is 1. The molecule has 1 aliphatic rings. The Labute approximate surface area is 194 Å². The Bertz CT molecular complexity index is 1540. The minimum Gasteiger partial charge on any atom is -0.394 e. The molecule has 1 aliphatic heterocycles. The molecule has 174 valence electrons. The van der Waals surface area contributed by atoms with Crippen molar-refractivity contribution in [3.63, 3.8) is 0 Å². The smallest absolute Gasteiger partial charge is 0.326 e. The number of aromatic nitrogens is 8. The maximum absolute atomic E-state index is 12.6. The van der Waals surface area contributed by atoms with Gasteiger partial charge in [-0.05, 0) is 25.0 Å². The summed E-state index contributed by atoms with van der Waals surface area (Å²) in [5, 5.41) is 13.5. The van der Waals surface area contributed by atoms with Crippen LogP contribution in [0, 0.1) is 0 Å². The molecule has 5 aromatic rings. The predicted molar refractivity (Wildman–Crippen MR) is 128 cm³/mol. The van der Waals surface area contributed by atoms with Crippen LogP contribution in [0.25, 0.3) is 33.6 Å². The molecule has 1 fully saturated rings. The van der Waals surface area contributed by atoms with Gasteiger partial charge in [-0.25, -0.2) is 19.7 Å². The number of fused-ring (bicyclic) bond motifs is 2. The first-order valence-corrected chi connectivity index (χ1v) is 11.4. The zero-order chi connectivity index (χ0) is 23.2. The zero-order valence-electron chi connectivity index (χ0n) is 18.8. The molecule has 0 radical (unpaired) electrons. The maximum atomic E-state index is 12.6. The fourth-order valence-electron chi connectivity index (χ4n) is 4.95. The number of H-pyrrole nitrogens is 1. The van der Waals surface area contributed by atoms with Gasteiger partial charge in [-0.15, -0.1) is 0 Å². The van der Waals surface area contributed by atoms with E-state index in [1.807, 2.05) is 46.6 Å². The molecule has 0 atom stereocenters. The third-order valence-corrected chi connectivity index (χ3v) is 6.61. The van der Waals surface area contributed by atoms with Crippen LogP contribution in [-0.2, 0) is 13.6 Å². The summed E-state index contributed by atoms with van der Waals surface area (Å²) in [6.07, 6.45) is 6.86. The average molecular weight is 460 g/mol. The van der Waals surface area contributed by atoms with Gasteiger partial charge in [-0.2, -0.15) is 5.10 Å². The van der Waals surface area contributed by atoms with Gasteiger partial charge in [0.2, 0.25) is 0 Å². The Morgan fingerprint density at radius 1 is 1.18 bits per heavy atom. The molecule has 34 heavy (non-hydrogen) atoms. The van der Waals surface area contributed by atoms with Crippen LogP contribution in [-0.4, -0.2) is 63.7 Å². The number of hydrogen-bond acceptors (Lipinski definition) is 7. The molecular formula is C23H25N9O2. The molecule has 0 unspecified atom stereocenters. The summed E-state index contributed by atoms with van der Waals surface area (Å²) in [6.45, 7) is 2.00. The van der Waals surface area contributed by atoms with Gasteiger partial charge < -0.3 is 19.6 Å². The van der Waals surface area contributed by atoms with E-state index in [0.717, 1.165) is 65.3 Å². The van der Waals surface area contributed by atoms with Gasteiger partial charge in [0.1, 0.15) is 12.2 Å². The van der Waals surface area contributed by atoms with Crippen LogP contribution in [0.15, 0.2) is 47.8 Å². The number of anilines is 1. The molecule has 0 bridgehead atoms. The number of aryl methyl sites for hydroxylation is 1. The first-order chi connectivity index (χ1) is 16.6. The molecule has 11 nitrogen and oxygen atoms in total. The van der Waals surface area contributed by atoms with E-state index in [9.17, 15) is 4.79 Å². The number of aliphatic hydroxyl groups excluding tert-OH is 1. The van der Waals surface area contributed by atoms with Crippen molar-refractivity contribution in [3.05, 3.63) is 53.5 Å². The maximum Gasteiger partial charge on any atom is 0.326 e. The number of hydrogen-bond donors (Lipinski definition) is 2. The Morgan fingerprint density at radius 3 is 2.82 bits per heavy atom. The number of aliphatic hydroxyl groups is 1. The van der Waals surface area contributed by atoms with Gasteiger partial charge in [0, 0.05) is 32.4 Å². The van der Waals surface area contributed by atoms with Crippen LogP contribution in [0.4, 0.5) is 5.82 Å². The molecule has 0 spiro atoms. The van der Waals surface area contributed by atoms with E-state index < -0.39 is 0 Å². The van der Waals surface area contributed by atoms with Crippen molar-refractivity contribution in [1.29, 1.82) is 0 Å². The lowest BCUT2D eigenvalue weighted by Gasteiger charge is -2.33. The largest absolute Gasteiger partial charge is 0.394 e. The molecule has 0 aliphatic carbocycles. The number of para-hydroxylation sites is 2. The van der Waals surface area contributed by atoms with Crippen molar-refractivity contribution in [1.82, 2.24) is 38.9 Å². The van der Waals surface area contributed by atoms with E-state index in [-0.39, 0.29) is 18.3 Å². The standard InChI is InChI=1S/C23H25N9O2/c1-29-20(15-12-26-31(13-15)10-11-33)28-19-21(29)24-14-25-22(19)30-8-6-16(7-9-30)32-18-5-3-2-4-17(18)27-23(32)34/h2-5,12-14,16,33H,6-11H2,1H3,(H,27,34). The zero-order valence-corrected chi connectivity index (χ0v) is 18.8. The second-order valence-electron chi connectivity index (χ2n) is 8.62. The minimum absolute atomic E-state index is 0.0277. The van der Waals surface area contributed by atoms with Crippen LogP contribution >= 0.6 is 0 Å². The highest BCUT2D eigenvalue weighted by Gasteiger charge is 2.27. The molecular weight excluding hydrogens is 434 g/mol. The van der Waals surface area contributed by atoms with Crippen LogP contribution in [0.2, 0.25) is 0 Å². The van der Waals surface area contributed by atoms with Gasteiger partial charge in [-0.1, -0.05) is 12.1 Å². The number of rotatable bonds is 5. The van der Waals surface area contributed by atoms with Crippen molar-refractivity contribution in [2.45, 2.75) is 25.4 Å². The predicted octanol–water partition coefficient (Wildman–Crippen LogP) is 1.70. The molecule has 4 aromatic heterocycles. The van der Waals surface area contributed by atoms with Gasteiger partial charge in [0.15, 0.2) is 17.0 Å². The Hall–Kier alpha value is -3.99. The van der Waals surface area contributed by atoms with Gasteiger partial charge in [0.05, 0.1) is 35.9 Å². The molecule has 0 saturated carbocycles. The van der Waals surface area contributed by atoms with Crippen molar-refractivity contribution >= 4 is 28.0 Å². The Kier molecular flexibility index (Phi) is 4.91. The lowest BCUT2D eigenvalue weighted by atomic mass is 10.0.